The lowest BCUT2D eigenvalue weighted by molar-refractivity contribution is -0.116. The van der Waals surface area contributed by atoms with Crippen LogP contribution in [0.1, 0.15) is 22.4 Å². The van der Waals surface area contributed by atoms with Gasteiger partial charge in [-0.3, -0.25) is 4.79 Å². The van der Waals surface area contributed by atoms with Crippen molar-refractivity contribution in [1.29, 1.82) is 5.26 Å². The number of hydrogen-bond acceptors (Lipinski definition) is 4. The maximum atomic E-state index is 14.0. The van der Waals surface area contributed by atoms with Crippen LogP contribution in [0.15, 0.2) is 23.6 Å². The Morgan fingerprint density at radius 1 is 1.38 bits per heavy atom. The van der Waals surface area contributed by atoms with E-state index in [1.807, 2.05) is 0 Å². The monoisotopic (exact) mass is 301 g/mol. The van der Waals surface area contributed by atoms with Crippen molar-refractivity contribution in [2.75, 3.05) is 10.6 Å². The molecular formula is C15H12FN3OS. The zero-order chi connectivity index (χ0) is 14.8. The van der Waals surface area contributed by atoms with Crippen LogP contribution in [-0.2, 0) is 17.8 Å². The van der Waals surface area contributed by atoms with Gasteiger partial charge in [-0.15, -0.1) is 11.3 Å². The molecule has 0 saturated heterocycles. The molecular weight excluding hydrogens is 289 g/mol. The molecule has 0 fully saturated rings. The minimum Gasteiger partial charge on any atom is -0.378 e. The average molecular weight is 301 g/mol. The molecule has 106 valence electrons. The second-order valence-electron chi connectivity index (χ2n) is 4.80. The van der Waals surface area contributed by atoms with Gasteiger partial charge >= 0.3 is 0 Å². The van der Waals surface area contributed by atoms with E-state index in [2.05, 4.69) is 16.7 Å². The third kappa shape index (κ3) is 2.88. The third-order valence-electron chi connectivity index (χ3n) is 3.32. The molecule has 1 amide bonds. The fourth-order valence-electron chi connectivity index (χ4n) is 2.25. The summed E-state index contributed by atoms with van der Waals surface area (Å²) in [5.74, 6) is -0.376. The highest BCUT2D eigenvalue weighted by Crippen LogP contribution is 2.29. The Kier molecular flexibility index (Phi) is 3.59. The van der Waals surface area contributed by atoms with Crippen LogP contribution in [0.2, 0.25) is 0 Å². The number of hydrogen-bond donors (Lipinski definition) is 2. The Hall–Kier alpha value is -2.39. The van der Waals surface area contributed by atoms with Crippen LogP contribution in [0.25, 0.3) is 0 Å². The normalized spacial score (nSPS) is 13.2. The van der Waals surface area contributed by atoms with E-state index in [1.165, 1.54) is 17.4 Å². The fraction of sp³-hybridized carbons (Fsp3) is 0.200. The topological polar surface area (TPSA) is 64.9 Å². The van der Waals surface area contributed by atoms with E-state index in [0.29, 0.717) is 36.3 Å². The molecule has 1 aromatic heterocycles. The lowest BCUT2D eigenvalue weighted by Gasteiger charge is -2.18. The number of carbonyl (C=O) groups is 1. The smallest absolute Gasteiger partial charge is 0.224 e. The number of aryl methyl sites for hydroxylation is 1. The number of nitriles is 1. The minimum atomic E-state index is -0.332. The highest BCUT2D eigenvalue weighted by atomic mass is 32.1. The predicted molar refractivity (Wildman–Crippen MR) is 79.7 cm³/mol. The molecule has 0 aliphatic carbocycles. The van der Waals surface area contributed by atoms with E-state index in [4.69, 9.17) is 5.26 Å². The van der Waals surface area contributed by atoms with Crippen molar-refractivity contribution in [2.45, 2.75) is 19.4 Å². The molecule has 0 bridgehead atoms. The lowest BCUT2D eigenvalue weighted by Crippen LogP contribution is -2.19. The van der Waals surface area contributed by atoms with Gasteiger partial charge in [0.15, 0.2) is 0 Å². The van der Waals surface area contributed by atoms with Crippen molar-refractivity contribution in [3.63, 3.8) is 0 Å². The quantitative estimate of drug-likeness (QED) is 0.914. The molecule has 0 radical (unpaired) electrons. The first-order valence-corrected chi connectivity index (χ1v) is 7.37. The molecule has 2 aromatic rings. The van der Waals surface area contributed by atoms with Crippen LogP contribution < -0.4 is 10.6 Å². The number of nitrogens with one attached hydrogen (secondary N) is 2. The zero-order valence-electron chi connectivity index (χ0n) is 11.1. The van der Waals surface area contributed by atoms with Gasteiger partial charge in [-0.05, 0) is 30.2 Å². The van der Waals surface area contributed by atoms with Crippen LogP contribution in [-0.4, -0.2) is 5.91 Å². The molecule has 4 nitrogen and oxygen atoms in total. The van der Waals surface area contributed by atoms with E-state index < -0.39 is 0 Å². The van der Waals surface area contributed by atoms with Crippen LogP contribution in [0, 0.1) is 17.1 Å². The molecule has 0 atom stereocenters. The lowest BCUT2D eigenvalue weighted by atomic mass is 10.0. The van der Waals surface area contributed by atoms with Gasteiger partial charge in [-0.1, -0.05) is 0 Å². The van der Waals surface area contributed by atoms with Gasteiger partial charge < -0.3 is 10.6 Å². The summed E-state index contributed by atoms with van der Waals surface area (Å²) in [6, 6.07) is 6.93. The Morgan fingerprint density at radius 2 is 2.24 bits per heavy atom. The van der Waals surface area contributed by atoms with E-state index >= 15 is 0 Å². The summed E-state index contributed by atoms with van der Waals surface area (Å²) in [6.07, 6.45) is 0.958. The number of rotatable bonds is 3. The molecule has 0 spiro atoms. The molecule has 1 aliphatic rings. The Labute approximate surface area is 125 Å². The van der Waals surface area contributed by atoms with E-state index in [1.54, 1.807) is 17.5 Å². The van der Waals surface area contributed by atoms with Gasteiger partial charge in [0, 0.05) is 28.9 Å². The first-order valence-electron chi connectivity index (χ1n) is 6.49. The molecule has 3 rings (SSSR count). The molecule has 0 unspecified atom stereocenters. The number of thiophene rings is 1. The number of anilines is 2. The molecule has 6 heteroatoms. The summed E-state index contributed by atoms with van der Waals surface area (Å²) in [5.41, 5.74) is 2.44. The van der Waals surface area contributed by atoms with Gasteiger partial charge in [0.1, 0.15) is 11.9 Å². The number of halogens is 1. The van der Waals surface area contributed by atoms with Gasteiger partial charge in [-0.25, -0.2) is 4.39 Å². The number of benzene rings is 1. The van der Waals surface area contributed by atoms with Crippen LogP contribution in [0.3, 0.4) is 0 Å². The second kappa shape index (κ2) is 5.54. The highest BCUT2D eigenvalue weighted by Gasteiger charge is 2.17. The summed E-state index contributed by atoms with van der Waals surface area (Å²) in [4.78, 5) is 12.3. The zero-order valence-corrected chi connectivity index (χ0v) is 11.9. The Balaban J connectivity index is 1.77. The van der Waals surface area contributed by atoms with Crippen molar-refractivity contribution in [3.8, 4) is 6.07 Å². The number of amides is 1. The highest BCUT2D eigenvalue weighted by molar-refractivity contribution is 7.10. The maximum absolute atomic E-state index is 14.0. The first-order chi connectivity index (χ1) is 10.2. The first kappa shape index (κ1) is 13.6. The largest absolute Gasteiger partial charge is 0.378 e. The van der Waals surface area contributed by atoms with Crippen molar-refractivity contribution in [3.05, 3.63) is 45.4 Å². The maximum Gasteiger partial charge on any atom is 0.224 e. The van der Waals surface area contributed by atoms with Crippen LogP contribution >= 0.6 is 11.3 Å². The molecule has 1 aliphatic heterocycles. The standard InChI is InChI=1S/C15H12FN3OS/c16-12-4-10-1-2-15(20)19-13(10)5-14(12)18-7-11-3-9(6-17)8-21-11/h3-5,8,18H,1-2,7H2,(H,19,20). The van der Waals surface area contributed by atoms with Crippen LogP contribution in [0.4, 0.5) is 15.8 Å². The number of fused-ring (bicyclic) bond motifs is 1. The molecule has 2 heterocycles. The molecule has 2 N–H and O–H groups in total. The summed E-state index contributed by atoms with van der Waals surface area (Å²) < 4.78 is 14.0. The van der Waals surface area contributed by atoms with E-state index in [-0.39, 0.29) is 11.7 Å². The Bertz CT molecular complexity index is 748. The number of nitrogens with zero attached hydrogens (tertiary/aromatic N) is 1. The van der Waals surface area contributed by atoms with Crippen molar-refractivity contribution in [2.24, 2.45) is 0 Å². The van der Waals surface area contributed by atoms with Gasteiger partial charge in [-0.2, -0.15) is 5.26 Å². The second-order valence-corrected chi connectivity index (χ2v) is 5.80. The summed E-state index contributed by atoms with van der Waals surface area (Å²) >= 11 is 1.45. The third-order valence-corrected chi connectivity index (χ3v) is 4.26. The van der Waals surface area contributed by atoms with Crippen LogP contribution in [0.5, 0.6) is 0 Å². The van der Waals surface area contributed by atoms with E-state index in [9.17, 15) is 9.18 Å². The summed E-state index contributed by atoms with van der Waals surface area (Å²) in [6.45, 7) is 0.440. The fourth-order valence-corrected chi connectivity index (χ4v) is 3.00. The summed E-state index contributed by atoms with van der Waals surface area (Å²) in [5, 5.41) is 16.3. The van der Waals surface area contributed by atoms with Crippen molar-refractivity contribution in [1.82, 2.24) is 0 Å². The summed E-state index contributed by atoms with van der Waals surface area (Å²) in [7, 11) is 0. The van der Waals surface area contributed by atoms with Gasteiger partial charge in [0.05, 0.1) is 11.3 Å². The number of carbonyl (C=O) groups excluding carboxylic acids is 1. The van der Waals surface area contributed by atoms with Crippen molar-refractivity contribution >= 4 is 28.6 Å². The predicted octanol–water partition coefficient (Wildman–Crippen LogP) is 3.26. The minimum absolute atomic E-state index is 0.0445. The molecule has 0 saturated carbocycles. The molecule has 1 aromatic carbocycles. The molecule has 21 heavy (non-hydrogen) atoms. The van der Waals surface area contributed by atoms with Gasteiger partial charge in [0.25, 0.3) is 0 Å². The van der Waals surface area contributed by atoms with E-state index in [0.717, 1.165) is 10.4 Å². The average Bonchev–Trinajstić information content (AvgIpc) is 2.93. The Morgan fingerprint density at radius 3 is 3.00 bits per heavy atom. The van der Waals surface area contributed by atoms with Crippen molar-refractivity contribution < 1.29 is 9.18 Å². The van der Waals surface area contributed by atoms with Gasteiger partial charge in [0.2, 0.25) is 5.91 Å². The SMILES string of the molecule is N#Cc1csc(CNc2cc3c(cc2F)CCC(=O)N3)c1.